The predicted molar refractivity (Wildman–Crippen MR) is 109 cm³/mol. The first-order valence-corrected chi connectivity index (χ1v) is 8.43. The summed E-state index contributed by atoms with van der Waals surface area (Å²) in [6.45, 7) is 5.12. The number of guanidine groups is 1. The van der Waals surface area contributed by atoms with Crippen LogP contribution in [-0.2, 0) is 25.8 Å². The lowest BCUT2D eigenvalue weighted by Crippen LogP contribution is -2.38. The number of aromatic nitrogens is 1. The fourth-order valence-corrected chi connectivity index (χ4v) is 2.61. The van der Waals surface area contributed by atoms with Gasteiger partial charge in [0.15, 0.2) is 5.96 Å². The Morgan fingerprint density at radius 1 is 1.12 bits per heavy atom. The van der Waals surface area contributed by atoms with E-state index in [1.54, 1.807) is 7.05 Å². The second-order valence-electron chi connectivity index (χ2n) is 5.62. The van der Waals surface area contributed by atoms with Gasteiger partial charge in [0.1, 0.15) is 17.4 Å². The molecule has 0 spiro atoms. The van der Waals surface area contributed by atoms with E-state index in [9.17, 15) is 8.78 Å². The minimum Gasteiger partial charge on any atom is -0.361 e. The molecule has 0 aliphatic rings. The molecule has 26 heavy (non-hydrogen) atoms. The Morgan fingerprint density at radius 2 is 1.81 bits per heavy atom. The van der Waals surface area contributed by atoms with Crippen molar-refractivity contribution in [3.8, 4) is 0 Å². The lowest BCUT2D eigenvalue weighted by atomic mass is 10.1. The second kappa shape index (κ2) is 11.1. The molecule has 2 rings (SSSR count). The van der Waals surface area contributed by atoms with E-state index >= 15 is 0 Å². The summed E-state index contributed by atoms with van der Waals surface area (Å²) in [6, 6.07) is 3.53. The van der Waals surface area contributed by atoms with E-state index in [0.717, 1.165) is 35.9 Å². The van der Waals surface area contributed by atoms with E-state index in [1.165, 1.54) is 12.1 Å². The third kappa shape index (κ3) is 6.22. The van der Waals surface area contributed by atoms with Crippen LogP contribution in [0.2, 0.25) is 0 Å². The molecule has 2 N–H and O–H groups in total. The molecule has 144 valence electrons. The van der Waals surface area contributed by atoms with Crippen LogP contribution in [0.5, 0.6) is 0 Å². The van der Waals surface area contributed by atoms with Gasteiger partial charge in [-0.25, -0.2) is 8.78 Å². The average molecular weight is 478 g/mol. The lowest BCUT2D eigenvalue weighted by Gasteiger charge is -2.12. The van der Waals surface area contributed by atoms with Crippen LogP contribution in [0.4, 0.5) is 8.78 Å². The smallest absolute Gasteiger partial charge is 0.191 e. The first-order valence-electron chi connectivity index (χ1n) is 8.43. The summed E-state index contributed by atoms with van der Waals surface area (Å²) in [5, 5.41) is 10.4. The number of aryl methyl sites for hydroxylation is 2. The van der Waals surface area contributed by atoms with Crippen molar-refractivity contribution in [1.29, 1.82) is 0 Å². The van der Waals surface area contributed by atoms with Gasteiger partial charge >= 0.3 is 0 Å². The number of nitrogens with one attached hydrogen (secondary N) is 2. The molecule has 0 amide bonds. The van der Waals surface area contributed by atoms with Crippen LogP contribution in [0.3, 0.4) is 0 Å². The molecule has 0 fully saturated rings. The number of benzene rings is 1. The standard InChI is InChI=1S/C18H24F2N4O.HI/c1-4-16-15(17(5-2)25-24-16)11-23-18(21-3)22-7-6-12-8-13(19)10-14(20)9-12;/h8-10H,4-7,11H2,1-3H3,(H2,21,22,23);1H. The largest absolute Gasteiger partial charge is 0.361 e. The molecule has 1 heterocycles. The zero-order valence-electron chi connectivity index (χ0n) is 15.2. The van der Waals surface area contributed by atoms with Crippen LogP contribution in [0.15, 0.2) is 27.7 Å². The molecule has 0 atom stereocenters. The maximum Gasteiger partial charge on any atom is 0.191 e. The Kier molecular flexibility index (Phi) is 9.53. The fraction of sp³-hybridized carbons (Fsp3) is 0.444. The van der Waals surface area contributed by atoms with E-state index in [2.05, 4.69) is 20.8 Å². The molecule has 8 heteroatoms. The normalized spacial score (nSPS) is 11.2. The molecule has 0 bridgehead atoms. The van der Waals surface area contributed by atoms with Crippen LogP contribution in [-0.4, -0.2) is 24.7 Å². The van der Waals surface area contributed by atoms with Gasteiger partial charge in [-0.3, -0.25) is 4.99 Å². The van der Waals surface area contributed by atoms with Crippen LogP contribution < -0.4 is 10.6 Å². The molecule has 0 aliphatic carbocycles. The van der Waals surface area contributed by atoms with E-state index in [-0.39, 0.29) is 24.0 Å². The van der Waals surface area contributed by atoms with Gasteiger partial charge in [0.2, 0.25) is 0 Å². The van der Waals surface area contributed by atoms with Crippen LogP contribution >= 0.6 is 24.0 Å². The van der Waals surface area contributed by atoms with Crippen molar-refractivity contribution >= 4 is 29.9 Å². The van der Waals surface area contributed by atoms with Crippen molar-refractivity contribution in [3.63, 3.8) is 0 Å². The summed E-state index contributed by atoms with van der Waals surface area (Å²) in [6.07, 6.45) is 2.07. The third-order valence-corrected chi connectivity index (χ3v) is 3.89. The van der Waals surface area contributed by atoms with E-state index in [1.807, 2.05) is 13.8 Å². The Hall–Kier alpha value is -1.71. The molecule has 0 unspecified atom stereocenters. The van der Waals surface area contributed by atoms with Gasteiger partial charge in [-0.15, -0.1) is 24.0 Å². The zero-order chi connectivity index (χ0) is 18.2. The average Bonchev–Trinajstić information content (AvgIpc) is 2.99. The highest BCUT2D eigenvalue weighted by molar-refractivity contribution is 14.0. The topological polar surface area (TPSA) is 62.5 Å². The zero-order valence-corrected chi connectivity index (χ0v) is 17.6. The number of rotatable bonds is 7. The SMILES string of the molecule is CCc1noc(CC)c1CNC(=NC)NCCc1cc(F)cc(F)c1.I. The van der Waals surface area contributed by atoms with Gasteiger partial charge in [0.05, 0.1) is 5.69 Å². The number of nitrogens with zero attached hydrogens (tertiary/aromatic N) is 2. The van der Waals surface area contributed by atoms with Crippen LogP contribution in [0, 0.1) is 11.6 Å². The summed E-state index contributed by atoms with van der Waals surface area (Å²) >= 11 is 0. The maximum atomic E-state index is 13.2. The summed E-state index contributed by atoms with van der Waals surface area (Å²) in [5.74, 6) is 0.352. The van der Waals surface area contributed by atoms with Crippen molar-refractivity contribution in [2.75, 3.05) is 13.6 Å². The minimum atomic E-state index is -0.566. The predicted octanol–water partition coefficient (Wildman–Crippen LogP) is 3.60. The first-order chi connectivity index (χ1) is 12.1. The quantitative estimate of drug-likeness (QED) is 0.363. The molecule has 5 nitrogen and oxygen atoms in total. The number of halogens is 3. The molecule has 1 aromatic heterocycles. The molecule has 2 aromatic rings. The molecule has 0 saturated heterocycles. The molecular formula is C18H25F2IN4O. The van der Waals surface area contributed by atoms with E-state index < -0.39 is 11.6 Å². The molecular weight excluding hydrogens is 453 g/mol. The lowest BCUT2D eigenvalue weighted by molar-refractivity contribution is 0.380. The highest BCUT2D eigenvalue weighted by atomic mass is 127. The van der Waals surface area contributed by atoms with Crippen molar-refractivity contribution < 1.29 is 13.3 Å². The third-order valence-electron chi connectivity index (χ3n) is 3.89. The Morgan fingerprint density at radius 3 is 2.38 bits per heavy atom. The van der Waals surface area contributed by atoms with Crippen LogP contribution in [0.25, 0.3) is 0 Å². The number of hydrogen-bond donors (Lipinski definition) is 2. The Labute approximate surface area is 169 Å². The summed E-state index contributed by atoms with van der Waals surface area (Å²) in [4.78, 5) is 4.16. The van der Waals surface area contributed by atoms with Crippen molar-refractivity contribution in [3.05, 3.63) is 52.4 Å². The Balaban J connectivity index is 0.00000338. The van der Waals surface area contributed by atoms with Crippen LogP contribution in [0.1, 0.15) is 36.4 Å². The highest BCUT2D eigenvalue weighted by Crippen LogP contribution is 2.15. The number of aliphatic imine (C=N–C) groups is 1. The molecule has 0 saturated carbocycles. The minimum absolute atomic E-state index is 0. The van der Waals surface area contributed by atoms with Gasteiger partial charge in [0.25, 0.3) is 0 Å². The van der Waals surface area contributed by atoms with Crippen molar-refractivity contribution in [2.24, 2.45) is 4.99 Å². The van der Waals surface area contributed by atoms with E-state index in [0.29, 0.717) is 31.0 Å². The Bertz CT molecular complexity index is 692. The van der Waals surface area contributed by atoms with Gasteiger partial charge in [-0.1, -0.05) is 19.0 Å². The highest BCUT2D eigenvalue weighted by Gasteiger charge is 2.13. The van der Waals surface area contributed by atoms with E-state index in [4.69, 9.17) is 4.52 Å². The van der Waals surface area contributed by atoms with Crippen molar-refractivity contribution in [1.82, 2.24) is 15.8 Å². The van der Waals surface area contributed by atoms with Gasteiger partial charge in [-0.2, -0.15) is 0 Å². The molecule has 0 aliphatic heterocycles. The van der Waals surface area contributed by atoms with Crippen molar-refractivity contribution in [2.45, 2.75) is 39.7 Å². The monoisotopic (exact) mass is 478 g/mol. The summed E-state index contributed by atoms with van der Waals surface area (Å²) in [5.41, 5.74) is 2.59. The second-order valence-corrected chi connectivity index (χ2v) is 5.62. The maximum absolute atomic E-state index is 13.2. The molecule has 0 radical (unpaired) electrons. The van der Waals surface area contributed by atoms with Gasteiger partial charge in [0, 0.05) is 38.2 Å². The summed E-state index contributed by atoms with van der Waals surface area (Å²) in [7, 11) is 1.67. The fourth-order valence-electron chi connectivity index (χ4n) is 2.61. The number of hydrogen-bond acceptors (Lipinski definition) is 3. The first kappa shape index (κ1) is 22.3. The summed E-state index contributed by atoms with van der Waals surface area (Å²) < 4.78 is 31.7. The van der Waals surface area contributed by atoms with Gasteiger partial charge in [-0.05, 0) is 30.5 Å². The molecule has 1 aromatic carbocycles. The van der Waals surface area contributed by atoms with Gasteiger partial charge < -0.3 is 15.2 Å².